The number of hydrogen-bond donors (Lipinski definition) is 1. The van der Waals surface area contributed by atoms with E-state index in [0.29, 0.717) is 37.6 Å². The molecule has 3 rings (SSSR count). The zero-order chi connectivity index (χ0) is 26.6. The van der Waals surface area contributed by atoms with Crippen LogP contribution in [0.5, 0.6) is 11.5 Å². The molecule has 0 bridgehead atoms. The van der Waals surface area contributed by atoms with Crippen LogP contribution in [0.4, 0.5) is 4.39 Å². The zero-order valence-electron chi connectivity index (χ0n) is 21.7. The van der Waals surface area contributed by atoms with E-state index in [9.17, 15) is 14.0 Å². The van der Waals surface area contributed by atoms with Crippen molar-refractivity contribution >= 4 is 11.8 Å². The Bertz CT molecular complexity index is 1150. The fourth-order valence-electron chi connectivity index (χ4n) is 4.15. The highest BCUT2D eigenvalue weighted by atomic mass is 19.1. The molecule has 3 aromatic carbocycles. The Labute approximate surface area is 218 Å². The largest absolute Gasteiger partial charge is 0.490 e. The molecule has 0 fully saturated rings. The first-order chi connectivity index (χ1) is 17.9. The number of carbonyl (C=O) groups excluding carboxylic acids is 2. The fraction of sp³-hybridized carbons (Fsp3) is 0.333. The van der Waals surface area contributed by atoms with Crippen LogP contribution in [0.15, 0.2) is 72.8 Å². The summed E-state index contributed by atoms with van der Waals surface area (Å²) in [4.78, 5) is 28.2. The van der Waals surface area contributed by atoms with Crippen molar-refractivity contribution in [2.45, 2.75) is 45.7 Å². The number of benzene rings is 3. The van der Waals surface area contributed by atoms with Crippen LogP contribution in [0.1, 0.15) is 37.0 Å². The van der Waals surface area contributed by atoms with Crippen molar-refractivity contribution in [2.24, 2.45) is 0 Å². The second-order valence-electron chi connectivity index (χ2n) is 8.61. The Balaban J connectivity index is 1.85. The van der Waals surface area contributed by atoms with Gasteiger partial charge in [0.2, 0.25) is 11.8 Å². The lowest BCUT2D eigenvalue weighted by atomic mass is 10.0. The van der Waals surface area contributed by atoms with Gasteiger partial charge in [-0.05, 0) is 61.2 Å². The maximum Gasteiger partial charge on any atom is 0.242 e. The molecule has 1 N–H and O–H groups in total. The van der Waals surface area contributed by atoms with E-state index in [1.165, 1.54) is 12.1 Å². The highest BCUT2D eigenvalue weighted by Crippen LogP contribution is 2.29. The molecule has 0 heterocycles. The van der Waals surface area contributed by atoms with Gasteiger partial charge in [-0.15, -0.1) is 0 Å². The van der Waals surface area contributed by atoms with Crippen molar-refractivity contribution in [3.05, 3.63) is 95.3 Å². The molecule has 1 atom stereocenters. The van der Waals surface area contributed by atoms with E-state index in [1.54, 1.807) is 24.1 Å². The Morgan fingerprint density at radius 3 is 2.16 bits per heavy atom. The minimum absolute atomic E-state index is 0.166. The van der Waals surface area contributed by atoms with E-state index in [-0.39, 0.29) is 30.6 Å². The van der Waals surface area contributed by atoms with Gasteiger partial charge >= 0.3 is 0 Å². The van der Waals surface area contributed by atoms with Gasteiger partial charge < -0.3 is 19.7 Å². The summed E-state index contributed by atoms with van der Waals surface area (Å²) in [5, 5.41) is 2.71. The van der Waals surface area contributed by atoms with Crippen LogP contribution in [-0.2, 0) is 29.0 Å². The van der Waals surface area contributed by atoms with E-state index >= 15 is 0 Å². The average Bonchev–Trinajstić information content (AvgIpc) is 2.92. The van der Waals surface area contributed by atoms with E-state index in [4.69, 9.17) is 9.47 Å². The fourth-order valence-corrected chi connectivity index (χ4v) is 4.15. The first-order valence-corrected chi connectivity index (χ1v) is 12.6. The lowest BCUT2D eigenvalue weighted by molar-refractivity contribution is -0.141. The van der Waals surface area contributed by atoms with E-state index < -0.39 is 6.04 Å². The molecular formula is C30H35FN2O4. The van der Waals surface area contributed by atoms with Crippen molar-refractivity contribution in [1.82, 2.24) is 10.2 Å². The first-order valence-electron chi connectivity index (χ1n) is 12.6. The Morgan fingerprint density at radius 2 is 1.51 bits per heavy atom. The van der Waals surface area contributed by atoms with Gasteiger partial charge in [0.1, 0.15) is 11.9 Å². The third kappa shape index (κ3) is 8.07. The quantitative estimate of drug-likeness (QED) is 0.357. The number of rotatable bonds is 13. The lowest BCUT2D eigenvalue weighted by Gasteiger charge is -2.31. The van der Waals surface area contributed by atoms with Crippen LogP contribution >= 0.6 is 0 Å². The maximum atomic E-state index is 13.6. The summed E-state index contributed by atoms with van der Waals surface area (Å²) in [6.45, 7) is 5.04. The van der Waals surface area contributed by atoms with Gasteiger partial charge in [-0.2, -0.15) is 0 Å². The molecule has 0 aromatic heterocycles. The topological polar surface area (TPSA) is 67.9 Å². The van der Waals surface area contributed by atoms with E-state index in [0.717, 1.165) is 16.7 Å². The summed E-state index contributed by atoms with van der Waals surface area (Å²) in [7, 11) is 1.57. The third-order valence-corrected chi connectivity index (χ3v) is 6.02. The molecule has 37 heavy (non-hydrogen) atoms. The minimum atomic E-state index is -0.718. The molecule has 0 aliphatic heterocycles. The normalized spacial score (nSPS) is 11.5. The highest BCUT2D eigenvalue weighted by molar-refractivity contribution is 5.88. The lowest BCUT2D eigenvalue weighted by Crippen LogP contribution is -2.49. The molecule has 0 radical (unpaired) electrons. The number of ether oxygens (including phenoxy) is 2. The van der Waals surface area contributed by atoms with Crippen LogP contribution in [0, 0.1) is 5.82 Å². The molecule has 0 aliphatic carbocycles. The average molecular weight is 507 g/mol. The monoisotopic (exact) mass is 506 g/mol. The SMILES string of the molecule is CCOc1ccc(CCC(=O)N(Cc2ccc(F)cc2)C(Cc2ccccc2)C(=O)NC)cc1OCC. The van der Waals surface area contributed by atoms with Gasteiger partial charge in [-0.25, -0.2) is 4.39 Å². The maximum absolute atomic E-state index is 13.6. The molecule has 3 aromatic rings. The van der Waals surface area contributed by atoms with Crippen LogP contribution in [-0.4, -0.2) is 43.0 Å². The summed E-state index contributed by atoms with van der Waals surface area (Å²) in [6, 6.07) is 20.5. The van der Waals surface area contributed by atoms with Crippen LogP contribution < -0.4 is 14.8 Å². The number of nitrogens with zero attached hydrogens (tertiary/aromatic N) is 1. The van der Waals surface area contributed by atoms with Crippen molar-refractivity contribution in [1.29, 1.82) is 0 Å². The molecule has 0 aliphatic rings. The van der Waals surface area contributed by atoms with Crippen LogP contribution in [0.3, 0.4) is 0 Å². The second-order valence-corrected chi connectivity index (χ2v) is 8.61. The van der Waals surface area contributed by atoms with Crippen molar-refractivity contribution in [3.8, 4) is 11.5 Å². The van der Waals surface area contributed by atoms with Crippen LogP contribution in [0.2, 0.25) is 0 Å². The van der Waals surface area contributed by atoms with Gasteiger partial charge in [0.25, 0.3) is 0 Å². The predicted octanol–water partition coefficient (Wildman–Crippen LogP) is 4.94. The highest BCUT2D eigenvalue weighted by Gasteiger charge is 2.29. The van der Waals surface area contributed by atoms with Gasteiger partial charge in [0, 0.05) is 26.4 Å². The number of aryl methyl sites for hydroxylation is 1. The number of nitrogens with one attached hydrogen (secondary N) is 1. The number of hydrogen-bond acceptors (Lipinski definition) is 4. The number of likely N-dealkylation sites (N-methyl/N-ethyl adjacent to an activating group) is 1. The Hall–Kier alpha value is -3.87. The summed E-state index contributed by atoms with van der Waals surface area (Å²) in [5.74, 6) is 0.541. The second kappa shape index (κ2) is 14.0. The van der Waals surface area contributed by atoms with Crippen molar-refractivity contribution in [3.63, 3.8) is 0 Å². The predicted molar refractivity (Wildman–Crippen MR) is 142 cm³/mol. The molecule has 196 valence electrons. The smallest absolute Gasteiger partial charge is 0.242 e. The standard InChI is InChI=1S/C30H35FN2O4/c1-4-36-27-17-13-23(20-28(27)37-5-2)14-18-29(34)33(21-24-11-15-25(31)16-12-24)26(30(35)32-3)19-22-9-7-6-8-10-22/h6-13,15-17,20,26H,4-5,14,18-19,21H2,1-3H3,(H,32,35). The number of halogens is 1. The first kappa shape index (κ1) is 27.7. The number of amides is 2. The summed E-state index contributed by atoms with van der Waals surface area (Å²) in [6.07, 6.45) is 1.03. The zero-order valence-corrected chi connectivity index (χ0v) is 21.7. The van der Waals surface area contributed by atoms with Gasteiger partial charge in [0.15, 0.2) is 11.5 Å². The van der Waals surface area contributed by atoms with E-state index in [1.807, 2.05) is 62.4 Å². The molecule has 7 heteroatoms. The van der Waals surface area contributed by atoms with Gasteiger partial charge in [-0.3, -0.25) is 9.59 Å². The molecule has 0 saturated heterocycles. The summed E-state index contributed by atoms with van der Waals surface area (Å²) in [5.41, 5.74) is 2.62. The Morgan fingerprint density at radius 1 is 0.865 bits per heavy atom. The van der Waals surface area contributed by atoms with Crippen molar-refractivity contribution in [2.75, 3.05) is 20.3 Å². The molecule has 6 nitrogen and oxygen atoms in total. The number of carbonyl (C=O) groups is 2. The minimum Gasteiger partial charge on any atom is -0.490 e. The molecular weight excluding hydrogens is 471 g/mol. The van der Waals surface area contributed by atoms with Gasteiger partial charge in [-0.1, -0.05) is 48.5 Å². The molecule has 0 saturated carbocycles. The van der Waals surface area contributed by atoms with Crippen LogP contribution in [0.25, 0.3) is 0 Å². The van der Waals surface area contributed by atoms with E-state index in [2.05, 4.69) is 5.32 Å². The Kier molecular flexibility index (Phi) is 10.5. The summed E-state index contributed by atoms with van der Waals surface area (Å²) < 4.78 is 24.9. The molecule has 1 unspecified atom stereocenters. The molecule has 2 amide bonds. The molecule has 0 spiro atoms. The van der Waals surface area contributed by atoms with Gasteiger partial charge in [0.05, 0.1) is 13.2 Å². The van der Waals surface area contributed by atoms with Crippen molar-refractivity contribution < 1.29 is 23.5 Å². The summed E-state index contributed by atoms with van der Waals surface area (Å²) >= 11 is 0. The third-order valence-electron chi connectivity index (χ3n) is 6.02.